The number of carbonyl (C=O) groups is 1. The van der Waals surface area contributed by atoms with Gasteiger partial charge in [-0.05, 0) is 45.3 Å². The summed E-state index contributed by atoms with van der Waals surface area (Å²) in [4.78, 5) is 17.2. The average Bonchev–Trinajstić information content (AvgIpc) is 3.02. The molecule has 4 aromatic rings. The van der Waals surface area contributed by atoms with E-state index in [1.165, 1.54) is 14.2 Å². The van der Waals surface area contributed by atoms with E-state index in [2.05, 4.69) is 85.2 Å². The largest absolute Gasteiger partial charge is 0.533 e. The van der Waals surface area contributed by atoms with Crippen molar-refractivity contribution in [1.29, 1.82) is 0 Å². The van der Waals surface area contributed by atoms with E-state index in [0.29, 0.717) is 27.5 Å². The number of esters is 1. The maximum absolute atomic E-state index is 12.4. The van der Waals surface area contributed by atoms with E-state index in [0.717, 1.165) is 15.9 Å². The molecule has 0 saturated heterocycles. The molecular weight excluding hydrogens is 626 g/mol. The first kappa shape index (κ1) is 32.0. The molecule has 0 bridgehead atoms. The summed E-state index contributed by atoms with van der Waals surface area (Å²) in [6.07, 6.45) is 3.75. The van der Waals surface area contributed by atoms with Crippen molar-refractivity contribution in [3.05, 3.63) is 106 Å². The SMILES string of the molecule is COCOc1cc(/C=C/c2nc(OC)ccc2O[Si](c2ccccc2)(c2ccccc2)C(C)(C)C)c(Br)cc1C(=O)OC. The highest BCUT2D eigenvalue weighted by atomic mass is 79.9. The monoisotopic (exact) mass is 661 g/mol. The minimum atomic E-state index is -2.93. The molecule has 1 heterocycles. The number of methoxy groups -OCH3 is 3. The van der Waals surface area contributed by atoms with Crippen molar-refractivity contribution < 1.29 is 28.2 Å². The summed E-state index contributed by atoms with van der Waals surface area (Å²) in [5.41, 5.74) is 1.62. The predicted molar refractivity (Wildman–Crippen MR) is 176 cm³/mol. The van der Waals surface area contributed by atoms with Crippen molar-refractivity contribution in [2.75, 3.05) is 28.1 Å². The first-order valence-corrected chi connectivity index (χ1v) is 16.4. The van der Waals surface area contributed by atoms with E-state index in [-0.39, 0.29) is 17.4 Å². The van der Waals surface area contributed by atoms with E-state index in [4.69, 9.17) is 28.4 Å². The zero-order valence-electron chi connectivity index (χ0n) is 25.2. The second-order valence-corrected chi connectivity index (χ2v) is 15.8. The zero-order chi connectivity index (χ0) is 31.0. The molecule has 0 fully saturated rings. The Balaban J connectivity index is 1.86. The van der Waals surface area contributed by atoms with E-state index in [1.807, 2.05) is 36.4 Å². The Bertz CT molecular complexity index is 1530. The van der Waals surface area contributed by atoms with E-state index < -0.39 is 14.3 Å². The fourth-order valence-corrected chi connectivity index (χ4v) is 9.86. The van der Waals surface area contributed by atoms with Gasteiger partial charge in [-0.1, -0.05) is 103 Å². The fraction of sp³-hybridized carbons (Fsp3) is 0.235. The maximum atomic E-state index is 12.4. The number of nitrogens with zero attached hydrogens (tertiary/aromatic N) is 1. The Kier molecular flexibility index (Phi) is 10.4. The Labute approximate surface area is 262 Å². The third kappa shape index (κ3) is 7.01. The van der Waals surface area contributed by atoms with Crippen LogP contribution in [0.15, 0.2) is 89.4 Å². The van der Waals surface area contributed by atoms with Crippen LogP contribution in [0.3, 0.4) is 0 Å². The molecular formula is C34H36BrNO6Si. The molecule has 9 heteroatoms. The number of ether oxygens (including phenoxy) is 4. The van der Waals surface area contributed by atoms with Crippen LogP contribution in [0.1, 0.15) is 42.4 Å². The van der Waals surface area contributed by atoms with Crippen LogP contribution in [0.2, 0.25) is 5.04 Å². The molecule has 0 unspecified atom stereocenters. The zero-order valence-corrected chi connectivity index (χ0v) is 27.8. The van der Waals surface area contributed by atoms with Gasteiger partial charge in [-0.15, -0.1) is 0 Å². The van der Waals surface area contributed by atoms with Gasteiger partial charge in [-0.3, -0.25) is 0 Å². The van der Waals surface area contributed by atoms with Crippen LogP contribution in [-0.2, 0) is 9.47 Å². The van der Waals surface area contributed by atoms with Crippen LogP contribution >= 0.6 is 15.9 Å². The van der Waals surface area contributed by atoms with E-state index >= 15 is 0 Å². The molecule has 0 aliphatic rings. The molecule has 0 spiro atoms. The topological polar surface area (TPSA) is 76.1 Å². The maximum Gasteiger partial charge on any atom is 0.341 e. The summed E-state index contributed by atoms with van der Waals surface area (Å²) in [5.74, 6) is 0.903. The van der Waals surface area contributed by atoms with Gasteiger partial charge >= 0.3 is 14.3 Å². The Morgan fingerprint density at radius 1 is 0.860 bits per heavy atom. The average molecular weight is 663 g/mol. The van der Waals surface area contributed by atoms with Crippen molar-refractivity contribution in [3.63, 3.8) is 0 Å². The summed E-state index contributed by atoms with van der Waals surface area (Å²) in [7, 11) is 1.50. The van der Waals surface area contributed by atoms with Crippen molar-refractivity contribution >= 4 is 52.7 Å². The van der Waals surface area contributed by atoms with Crippen LogP contribution in [0.25, 0.3) is 12.2 Å². The molecule has 0 atom stereocenters. The van der Waals surface area contributed by atoms with Crippen LogP contribution in [0.4, 0.5) is 0 Å². The van der Waals surface area contributed by atoms with Gasteiger partial charge in [0.1, 0.15) is 22.8 Å². The number of aromatic nitrogens is 1. The molecule has 1 aromatic heterocycles. The van der Waals surface area contributed by atoms with E-state index in [9.17, 15) is 4.79 Å². The molecule has 0 aliphatic heterocycles. The first-order chi connectivity index (χ1) is 20.6. The molecule has 4 rings (SSSR count). The minimum absolute atomic E-state index is 0.0251. The number of rotatable bonds is 11. The fourth-order valence-electron chi connectivity index (χ4n) is 4.95. The number of hydrogen-bond acceptors (Lipinski definition) is 7. The lowest BCUT2D eigenvalue weighted by molar-refractivity contribution is 0.0465. The lowest BCUT2D eigenvalue weighted by Crippen LogP contribution is -2.68. The summed E-state index contributed by atoms with van der Waals surface area (Å²) in [6.45, 7) is 6.66. The Hall–Kier alpha value is -3.92. The molecule has 0 radical (unpaired) electrons. The van der Waals surface area contributed by atoms with Gasteiger partial charge in [-0.2, -0.15) is 0 Å². The molecule has 3 aromatic carbocycles. The van der Waals surface area contributed by atoms with Crippen molar-refractivity contribution in [3.8, 4) is 17.4 Å². The third-order valence-electron chi connectivity index (χ3n) is 7.01. The second kappa shape index (κ2) is 14.0. The van der Waals surface area contributed by atoms with Crippen LogP contribution in [0.5, 0.6) is 17.4 Å². The van der Waals surface area contributed by atoms with Gasteiger partial charge in [-0.25, -0.2) is 9.78 Å². The molecule has 7 nitrogen and oxygen atoms in total. The number of hydrogen-bond donors (Lipinski definition) is 0. The molecule has 0 saturated carbocycles. The quantitative estimate of drug-likeness (QED) is 0.100. The van der Waals surface area contributed by atoms with Gasteiger partial charge in [0.25, 0.3) is 0 Å². The second-order valence-electron chi connectivity index (χ2n) is 10.7. The van der Waals surface area contributed by atoms with Gasteiger partial charge in [0.05, 0.1) is 14.2 Å². The smallest absolute Gasteiger partial charge is 0.341 e. The van der Waals surface area contributed by atoms with Crippen LogP contribution in [-0.4, -0.2) is 47.4 Å². The highest BCUT2D eigenvalue weighted by Crippen LogP contribution is 2.39. The summed E-state index contributed by atoms with van der Waals surface area (Å²) in [6, 6.07) is 28.0. The Morgan fingerprint density at radius 2 is 1.49 bits per heavy atom. The van der Waals surface area contributed by atoms with Crippen LogP contribution in [0, 0.1) is 0 Å². The lowest BCUT2D eigenvalue weighted by Gasteiger charge is -2.43. The molecule has 224 valence electrons. The normalized spacial score (nSPS) is 11.8. The molecule has 0 amide bonds. The van der Waals surface area contributed by atoms with Gasteiger partial charge in [0, 0.05) is 17.6 Å². The highest BCUT2D eigenvalue weighted by molar-refractivity contribution is 9.10. The number of benzene rings is 3. The number of carbonyl (C=O) groups excluding carboxylic acids is 1. The van der Waals surface area contributed by atoms with Crippen molar-refractivity contribution in [1.82, 2.24) is 4.98 Å². The Morgan fingerprint density at radius 3 is 2.02 bits per heavy atom. The standard InChI is InChI=1S/C34H36BrNO6Si/c1-34(2,3)43(25-13-9-7-10-14-25,26-15-11-8-12-16-26)42-30-19-20-32(39-5)36-29(30)18-17-24-21-31(41-23-38-4)27(22-28(24)35)33(37)40-6/h7-22H,23H2,1-6H3/b18-17+. The lowest BCUT2D eigenvalue weighted by atomic mass is 10.1. The third-order valence-corrected chi connectivity index (χ3v) is 12.6. The predicted octanol–water partition coefficient (Wildman–Crippen LogP) is 6.73. The van der Waals surface area contributed by atoms with E-state index in [1.54, 1.807) is 19.2 Å². The van der Waals surface area contributed by atoms with Gasteiger partial charge < -0.3 is 23.4 Å². The summed E-state index contributed by atoms with van der Waals surface area (Å²) >= 11 is 3.59. The molecule has 0 aliphatic carbocycles. The summed E-state index contributed by atoms with van der Waals surface area (Å²) in [5, 5.41) is 2.07. The molecule has 0 N–H and O–H groups in total. The summed E-state index contributed by atoms with van der Waals surface area (Å²) < 4.78 is 29.1. The van der Waals surface area contributed by atoms with Crippen molar-refractivity contribution in [2.45, 2.75) is 25.8 Å². The van der Waals surface area contributed by atoms with Gasteiger partial charge in [0.15, 0.2) is 6.79 Å². The van der Waals surface area contributed by atoms with Gasteiger partial charge in [0.2, 0.25) is 5.88 Å². The molecule has 43 heavy (non-hydrogen) atoms. The number of pyridine rings is 1. The minimum Gasteiger partial charge on any atom is -0.533 e. The number of halogens is 1. The highest BCUT2D eigenvalue weighted by Gasteiger charge is 2.52. The van der Waals surface area contributed by atoms with Crippen LogP contribution < -0.4 is 24.3 Å². The first-order valence-electron chi connectivity index (χ1n) is 13.7. The van der Waals surface area contributed by atoms with Crippen molar-refractivity contribution in [2.24, 2.45) is 0 Å².